The molecular formula is C16H18N6O2. The fourth-order valence-electron chi connectivity index (χ4n) is 2.89. The van der Waals surface area contributed by atoms with Gasteiger partial charge in [-0.2, -0.15) is 5.06 Å². The zero-order valence-electron chi connectivity index (χ0n) is 13.0. The van der Waals surface area contributed by atoms with E-state index in [1.54, 1.807) is 6.33 Å². The molecule has 1 unspecified atom stereocenters. The molecule has 2 aromatic heterocycles. The van der Waals surface area contributed by atoms with Crippen molar-refractivity contribution >= 4 is 17.0 Å². The number of benzene rings is 1. The van der Waals surface area contributed by atoms with Gasteiger partial charge in [-0.25, -0.2) is 15.0 Å². The van der Waals surface area contributed by atoms with Crippen molar-refractivity contribution in [3.8, 4) is 0 Å². The average molecular weight is 326 g/mol. The Labute approximate surface area is 138 Å². The second-order valence-corrected chi connectivity index (χ2v) is 5.58. The van der Waals surface area contributed by atoms with Crippen LogP contribution in [0.3, 0.4) is 0 Å². The molecule has 1 saturated heterocycles. The van der Waals surface area contributed by atoms with E-state index in [0.29, 0.717) is 17.0 Å². The van der Waals surface area contributed by atoms with Crippen LogP contribution in [0, 0.1) is 0 Å². The van der Waals surface area contributed by atoms with E-state index in [2.05, 4.69) is 32.4 Å². The predicted molar refractivity (Wildman–Crippen MR) is 87.6 cm³/mol. The number of aliphatic hydroxyl groups is 1. The van der Waals surface area contributed by atoms with Crippen molar-refractivity contribution in [3.05, 3.63) is 48.5 Å². The van der Waals surface area contributed by atoms with Crippen LogP contribution in [0.15, 0.2) is 43.0 Å². The minimum Gasteiger partial charge on any atom is -0.377 e. The smallest absolute Gasteiger partial charge is 0.167 e. The van der Waals surface area contributed by atoms with Gasteiger partial charge in [-0.15, -0.1) is 0 Å². The zero-order chi connectivity index (χ0) is 16.4. The first kappa shape index (κ1) is 15.0. The van der Waals surface area contributed by atoms with Crippen molar-refractivity contribution in [3.63, 3.8) is 0 Å². The maximum Gasteiger partial charge on any atom is 0.167 e. The van der Waals surface area contributed by atoms with Crippen molar-refractivity contribution in [2.75, 3.05) is 18.6 Å². The van der Waals surface area contributed by atoms with Gasteiger partial charge in [0.1, 0.15) is 13.1 Å². The summed E-state index contributed by atoms with van der Waals surface area (Å²) in [5.41, 5.74) is 2.52. The number of aromatic nitrogens is 4. The third-order valence-electron chi connectivity index (χ3n) is 4.01. The summed E-state index contributed by atoms with van der Waals surface area (Å²) in [4.78, 5) is 18.8. The van der Waals surface area contributed by atoms with Crippen LogP contribution in [0.5, 0.6) is 0 Å². The molecule has 8 nitrogen and oxygen atoms in total. The van der Waals surface area contributed by atoms with Crippen LogP contribution >= 0.6 is 0 Å². The van der Waals surface area contributed by atoms with Gasteiger partial charge in [-0.1, -0.05) is 30.3 Å². The summed E-state index contributed by atoms with van der Waals surface area (Å²) in [6, 6.07) is 10.2. The van der Waals surface area contributed by atoms with Gasteiger partial charge in [0.05, 0.1) is 6.33 Å². The standard InChI is InChI=1S/C16H18N6O2/c23-11-20-15-14-16(18-9-17-15)22(10-19-14)13-6-7-21(24-13)8-12-4-2-1-3-5-12/h1-5,9-10,13,23H,6-8,11H2,(H,17,18,20). The first-order valence-corrected chi connectivity index (χ1v) is 7.83. The second-order valence-electron chi connectivity index (χ2n) is 5.58. The summed E-state index contributed by atoms with van der Waals surface area (Å²) >= 11 is 0. The van der Waals surface area contributed by atoms with E-state index in [1.807, 2.05) is 27.8 Å². The van der Waals surface area contributed by atoms with Gasteiger partial charge < -0.3 is 10.4 Å². The van der Waals surface area contributed by atoms with Gasteiger partial charge in [0, 0.05) is 19.5 Å². The molecule has 4 rings (SSSR count). The summed E-state index contributed by atoms with van der Waals surface area (Å²) in [5, 5.41) is 13.8. The molecule has 0 saturated carbocycles. The molecule has 0 bridgehead atoms. The van der Waals surface area contributed by atoms with Crippen LogP contribution < -0.4 is 5.32 Å². The number of hydrogen-bond acceptors (Lipinski definition) is 7. The quantitative estimate of drug-likeness (QED) is 0.687. The first-order chi connectivity index (χ1) is 11.8. The number of hydroxylamine groups is 2. The van der Waals surface area contributed by atoms with Gasteiger partial charge in [-0.05, 0) is 5.56 Å². The number of nitrogens with one attached hydrogen (secondary N) is 1. The number of rotatable bonds is 5. The highest BCUT2D eigenvalue weighted by Gasteiger charge is 2.27. The minimum atomic E-state index is -0.205. The lowest BCUT2D eigenvalue weighted by atomic mass is 10.2. The summed E-state index contributed by atoms with van der Waals surface area (Å²) < 4.78 is 1.91. The van der Waals surface area contributed by atoms with E-state index >= 15 is 0 Å². The zero-order valence-corrected chi connectivity index (χ0v) is 13.0. The van der Waals surface area contributed by atoms with E-state index in [9.17, 15) is 0 Å². The molecule has 3 aromatic rings. The van der Waals surface area contributed by atoms with Gasteiger partial charge in [0.25, 0.3) is 0 Å². The van der Waals surface area contributed by atoms with Crippen molar-refractivity contribution in [2.24, 2.45) is 0 Å². The van der Waals surface area contributed by atoms with Crippen molar-refractivity contribution in [1.82, 2.24) is 24.6 Å². The highest BCUT2D eigenvalue weighted by Crippen LogP contribution is 2.28. The Bertz CT molecular complexity index is 822. The molecule has 2 N–H and O–H groups in total. The van der Waals surface area contributed by atoms with Crippen molar-refractivity contribution < 1.29 is 9.94 Å². The van der Waals surface area contributed by atoms with Crippen molar-refractivity contribution in [2.45, 2.75) is 19.2 Å². The van der Waals surface area contributed by atoms with E-state index < -0.39 is 0 Å². The Balaban J connectivity index is 1.53. The normalized spacial score (nSPS) is 18.3. The van der Waals surface area contributed by atoms with Crippen LogP contribution in [-0.4, -0.2) is 43.0 Å². The molecule has 124 valence electrons. The SMILES string of the molecule is OCNc1ncnc2c1ncn2C1CCN(Cc2ccccc2)O1. The maximum atomic E-state index is 9.03. The molecule has 1 fully saturated rings. The lowest BCUT2D eigenvalue weighted by molar-refractivity contribution is -0.174. The topological polar surface area (TPSA) is 88.3 Å². The van der Waals surface area contributed by atoms with E-state index in [0.717, 1.165) is 19.5 Å². The summed E-state index contributed by atoms with van der Waals surface area (Å²) in [7, 11) is 0. The average Bonchev–Trinajstić information content (AvgIpc) is 3.23. The largest absolute Gasteiger partial charge is 0.377 e. The molecule has 1 aliphatic rings. The number of hydrogen-bond donors (Lipinski definition) is 2. The molecule has 0 radical (unpaired) electrons. The number of fused-ring (bicyclic) bond motifs is 1. The summed E-state index contributed by atoms with van der Waals surface area (Å²) in [6.45, 7) is 1.38. The third-order valence-corrected chi connectivity index (χ3v) is 4.01. The van der Waals surface area contributed by atoms with Gasteiger partial charge in [0.15, 0.2) is 23.2 Å². The lowest BCUT2D eigenvalue weighted by Crippen LogP contribution is -2.18. The lowest BCUT2D eigenvalue weighted by Gasteiger charge is -2.17. The van der Waals surface area contributed by atoms with Crippen LogP contribution in [-0.2, 0) is 11.4 Å². The highest BCUT2D eigenvalue weighted by atomic mass is 16.7. The molecule has 1 aliphatic heterocycles. The fourth-order valence-corrected chi connectivity index (χ4v) is 2.89. The number of aliphatic hydroxyl groups excluding tert-OH is 1. The summed E-state index contributed by atoms with van der Waals surface area (Å²) in [6.07, 6.45) is 3.87. The molecule has 0 spiro atoms. The molecule has 1 aromatic carbocycles. The molecular weight excluding hydrogens is 308 g/mol. The van der Waals surface area contributed by atoms with Crippen LogP contribution in [0.25, 0.3) is 11.2 Å². The predicted octanol–water partition coefficient (Wildman–Crippen LogP) is 1.52. The third kappa shape index (κ3) is 2.82. The highest BCUT2D eigenvalue weighted by molar-refractivity contribution is 5.82. The van der Waals surface area contributed by atoms with Crippen LogP contribution in [0.2, 0.25) is 0 Å². The van der Waals surface area contributed by atoms with E-state index in [1.165, 1.54) is 11.9 Å². The van der Waals surface area contributed by atoms with E-state index in [-0.39, 0.29) is 13.0 Å². The van der Waals surface area contributed by atoms with Crippen molar-refractivity contribution in [1.29, 1.82) is 0 Å². The first-order valence-electron chi connectivity index (χ1n) is 7.83. The number of nitrogens with zero attached hydrogens (tertiary/aromatic N) is 5. The molecule has 1 atom stereocenters. The molecule has 0 amide bonds. The Morgan fingerprint density at radius 2 is 2.08 bits per heavy atom. The number of imidazole rings is 1. The Kier molecular flexibility index (Phi) is 4.08. The van der Waals surface area contributed by atoms with Gasteiger partial charge in [-0.3, -0.25) is 9.40 Å². The molecule has 0 aliphatic carbocycles. The number of anilines is 1. The maximum absolute atomic E-state index is 9.03. The van der Waals surface area contributed by atoms with Gasteiger partial charge in [0.2, 0.25) is 0 Å². The Hall–Kier alpha value is -2.55. The monoisotopic (exact) mass is 326 g/mol. The fraction of sp³-hybridized carbons (Fsp3) is 0.312. The van der Waals surface area contributed by atoms with E-state index in [4.69, 9.17) is 9.94 Å². The van der Waals surface area contributed by atoms with Crippen LogP contribution in [0.4, 0.5) is 5.82 Å². The molecule has 24 heavy (non-hydrogen) atoms. The Morgan fingerprint density at radius 1 is 1.21 bits per heavy atom. The second kappa shape index (κ2) is 6.52. The minimum absolute atomic E-state index is 0.143. The molecule has 8 heteroatoms. The Morgan fingerprint density at radius 3 is 2.92 bits per heavy atom. The van der Waals surface area contributed by atoms with Crippen LogP contribution in [0.1, 0.15) is 18.2 Å². The van der Waals surface area contributed by atoms with Gasteiger partial charge >= 0.3 is 0 Å². The molecule has 3 heterocycles. The summed E-state index contributed by atoms with van der Waals surface area (Å²) in [5.74, 6) is 0.514.